The molecule has 29 heavy (non-hydrogen) atoms. The largest absolute Gasteiger partial charge is 0.495 e. The zero-order valence-electron chi connectivity index (χ0n) is 15.9. The van der Waals surface area contributed by atoms with E-state index in [1.165, 1.54) is 16.4 Å². The maximum absolute atomic E-state index is 13.2. The second-order valence-electron chi connectivity index (χ2n) is 6.21. The summed E-state index contributed by atoms with van der Waals surface area (Å²) in [6, 6.07) is 13.0. The molecule has 0 aliphatic carbocycles. The SMILES string of the molecule is COc1ccc(C)cc1Nc1nnc(SCc2ccco2)n(-n2cccc2)c1=O. The third kappa shape index (κ3) is 4.04. The summed E-state index contributed by atoms with van der Waals surface area (Å²) in [5.74, 6) is 2.03. The van der Waals surface area contributed by atoms with Crippen LogP contribution in [-0.4, -0.2) is 26.7 Å². The van der Waals surface area contributed by atoms with Gasteiger partial charge in [0, 0.05) is 12.4 Å². The predicted molar refractivity (Wildman–Crippen MR) is 111 cm³/mol. The smallest absolute Gasteiger partial charge is 0.316 e. The highest BCUT2D eigenvalue weighted by Gasteiger charge is 2.16. The Morgan fingerprint density at radius 1 is 1.17 bits per heavy atom. The number of thioether (sulfide) groups is 1. The number of hydrogen-bond donors (Lipinski definition) is 1. The fourth-order valence-corrected chi connectivity index (χ4v) is 3.61. The Hall–Kier alpha value is -3.46. The molecule has 0 spiro atoms. The van der Waals surface area contributed by atoms with Crippen molar-refractivity contribution < 1.29 is 9.15 Å². The van der Waals surface area contributed by atoms with Gasteiger partial charge in [0.1, 0.15) is 11.5 Å². The zero-order valence-corrected chi connectivity index (χ0v) is 16.7. The number of rotatable bonds is 7. The minimum atomic E-state index is -0.332. The van der Waals surface area contributed by atoms with Gasteiger partial charge < -0.3 is 14.5 Å². The summed E-state index contributed by atoms with van der Waals surface area (Å²) in [7, 11) is 1.58. The minimum Gasteiger partial charge on any atom is -0.495 e. The van der Waals surface area contributed by atoms with E-state index in [0.29, 0.717) is 22.3 Å². The van der Waals surface area contributed by atoms with E-state index in [0.717, 1.165) is 11.3 Å². The molecule has 0 atom stereocenters. The maximum atomic E-state index is 13.2. The van der Waals surface area contributed by atoms with E-state index in [2.05, 4.69) is 15.5 Å². The fourth-order valence-electron chi connectivity index (χ4n) is 2.77. The average molecular weight is 409 g/mol. The molecule has 1 N–H and O–H groups in total. The Balaban J connectivity index is 1.72. The average Bonchev–Trinajstić information content (AvgIpc) is 3.42. The van der Waals surface area contributed by atoms with Crippen molar-refractivity contribution in [2.24, 2.45) is 0 Å². The van der Waals surface area contributed by atoms with Gasteiger partial charge in [-0.05, 0) is 48.9 Å². The summed E-state index contributed by atoms with van der Waals surface area (Å²) < 4.78 is 13.9. The van der Waals surface area contributed by atoms with Crippen LogP contribution in [-0.2, 0) is 5.75 Å². The molecular weight excluding hydrogens is 390 g/mol. The molecule has 0 fully saturated rings. The molecule has 0 bridgehead atoms. The molecule has 4 rings (SSSR count). The highest BCUT2D eigenvalue weighted by atomic mass is 32.2. The molecule has 0 saturated carbocycles. The molecule has 4 aromatic rings. The first-order valence-electron chi connectivity index (χ1n) is 8.86. The van der Waals surface area contributed by atoms with Crippen LogP contribution < -0.4 is 15.6 Å². The molecule has 0 aliphatic heterocycles. The molecule has 0 amide bonds. The van der Waals surface area contributed by atoms with Crippen LogP contribution in [0.4, 0.5) is 11.5 Å². The van der Waals surface area contributed by atoms with Crippen LogP contribution in [0, 0.1) is 6.92 Å². The lowest BCUT2D eigenvalue weighted by atomic mass is 10.2. The van der Waals surface area contributed by atoms with Crippen LogP contribution in [0.1, 0.15) is 11.3 Å². The second kappa shape index (κ2) is 8.27. The van der Waals surface area contributed by atoms with E-state index < -0.39 is 0 Å². The van der Waals surface area contributed by atoms with Gasteiger partial charge in [-0.15, -0.1) is 10.2 Å². The van der Waals surface area contributed by atoms with Crippen LogP contribution in [0.2, 0.25) is 0 Å². The Morgan fingerprint density at radius 2 is 2.00 bits per heavy atom. The Morgan fingerprint density at radius 3 is 2.72 bits per heavy atom. The summed E-state index contributed by atoms with van der Waals surface area (Å²) >= 11 is 1.36. The predicted octanol–water partition coefficient (Wildman–Crippen LogP) is 3.70. The zero-order chi connectivity index (χ0) is 20.2. The van der Waals surface area contributed by atoms with Crippen molar-refractivity contribution >= 4 is 23.3 Å². The van der Waals surface area contributed by atoms with E-state index in [4.69, 9.17) is 9.15 Å². The van der Waals surface area contributed by atoms with Gasteiger partial charge in [0.05, 0.1) is 24.8 Å². The van der Waals surface area contributed by atoms with Gasteiger partial charge in [0.25, 0.3) is 0 Å². The van der Waals surface area contributed by atoms with Gasteiger partial charge in [-0.25, -0.2) is 0 Å². The normalized spacial score (nSPS) is 10.8. The van der Waals surface area contributed by atoms with Crippen LogP contribution in [0.15, 0.2) is 75.5 Å². The first-order valence-corrected chi connectivity index (χ1v) is 9.84. The van der Waals surface area contributed by atoms with E-state index in [9.17, 15) is 4.79 Å². The van der Waals surface area contributed by atoms with Crippen LogP contribution in [0.3, 0.4) is 0 Å². The number of benzene rings is 1. The molecule has 3 heterocycles. The van der Waals surface area contributed by atoms with Crippen molar-refractivity contribution in [3.05, 3.63) is 82.8 Å². The lowest BCUT2D eigenvalue weighted by molar-refractivity contribution is 0.416. The van der Waals surface area contributed by atoms with Crippen molar-refractivity contribution in [1.82, 2.24) is 19.5 Å². The molecule has 0 saturated heterocycles. The molecule has 9 heteroatoms. The topological polar surface area (TPSA) is 87.1 Å². The number of hydrogen-bond acceptors (Lipinski definition) is 7. The maximum Gasteiger partial charge on any atom is 0.316 e. The number of nitrogens with one attached hydrogen (secondary N) is 1. The van der Waals surface area contributed by atoms with Crippen molar-refractivity contribution in [1.29, 1.82) is 0 Å². The standard InChI is InChI=1S/C20H19N5O3S/c1-14-7-8-17(27-2)16(12-14)21-18-19(26)25(24-9-3-4-10-24)20(23-22-18)29-13-15-6-5-11-28-15/h3-12H,13H2,1-2H3,(H,21,22). The molecule has 148 valence electrons. The molecule has 0 unspecified atom stereocenters. The molecule has 8 nitrogen and oxygen atoms in total. The van der Waals surface area contributed by atoms with Crippen LogP contribution in [0.5, 0.6) is 5.75 Å². The number of methoxy groups -OCH3 is 1. The molecule has 0 aliphatic rings. The third-order valence-electron chi connectivity index (χ3n) is 4.16. The first-order chi connectivity index (χ1) is 14.2. The third-order valence-corrected chi connectivity index (χ3v) is 5.10. The number of aryl methyl sites for hydroxylation is 1. The number of ether oxygens (including phenoxy) is 1. The first kappa shape index (κ1) is 18.9. The fraction of sp³-hybridized carbons (Fsp3) is 0.150. The van der Waals surface area contributed by atoms with Crippen molar-refractivity contribution in [2.45, 2.75) is 17.8 Å². The van der Waals surface area contributed by atoms with Gasteiger partial charge in [-0.2, -0.15) is 4.68 Å². The summed E-state index contributed by atoms with van der Waals surface area (Å²) in [4.78, 5) is 13.2. The van der Waals surface area contributed by atoms with Gasteiger partial charge >= 0.3 is 5.56 Å². The number of anilines is 2. The highest BCUT2D eigenvalue weighted by Crippen LogP contribution is 2.27. The van der Waals surface area contributed by atoms with Crippen molar-refractivity contribution in [3.8, 4) is 5.75 Å². The summed E-state index contributed by atoms with van der Waals surface area (Å²) in [6.45, 7) is 1.96. The summed E-state index contributed by atoms with van der Waals surface area (Å²) in [6.07, 6.45) is 5.16. The van der Waals surface area contributed by atoms with Crippen molar-refractivity contribution in [2.75, 3.05) is 12.4 Å². The van der Waals surface area contributed by atoms with Crippen LogP contribution >= 0.6 is 11.8 Å². The Kier molecular flexibility index (Phi) is 5.39. The van der Waals surface area contributed by atoms with E-state index >= 15 is 0 Å². The van der Waals surface area contributed by atoms with Crippen molar-refractivity contribution in [3.63, 3.8) is 0 Å². The highest BCUT2D eigenvalue weighted by molar-refractivity contribution is 7.98. The number of furan rings is 1. The van der Waals surface area contributed by atoms with Crippen LogP contribution in [0.25, 0.3) is 0 Å². The molecule has 3 aromatic heterocycles. The Bertz CT molecular complexity index is 1150. The van der Waals surface area contributed by atoms with E-state index in [-0.39, 0.29) is 11.4 Å². The minimum absolute atomic E-state index is 0.102. The lowest BCUT2D eigenvalue weighted by Crippen LogP contribution is -2.30. The van der Waals surface area contributed by atoms with Gasteiger partial charge in [-0.3, -0.25) is 9.47 Å². The molecule has 0 radical (unpaired) electrons. The Labute approximate surface area is 171 Å². The summed E-state index contributed by atoms with van der Waals surface area (Å²) in [5.41, 5.74) is 1.34. The quantitative estimate of drug-likeness (QED) is 0.466. The van der Waals surface area contributed by atoms with Gasteiger partial charge in [0.2, 0.25) is 11.0 Å². The molecular formula is C20H19N5O3S. The van der Waals surface area contributed by atoms with Gasteiger partial charge in [-0.1, -0.05) is 17.8 Å². The molecule has 1 aromatic carbocycles. The van der Waals surface area contributed by atoms with E-state index in [1.807, 2.05) is 49.4 Å². The van der Waals surface area contributed by atoms with E-state index in [1.54, 1.807) is 30.4 Å². The van der Waals surface area contributed by atoms with Gasteiger partial charge in [0.15, 0.2) is 0 Å². The summed E-state index contributed by atoms with van der Waals surface area (Å²) in [5, 5.41) is 11.9. The second-order valence-corrected chi connectivity index (χ2v) is 7.15. The lowest BCUT2D eigenvalue weighted by Gasteiger charge is -2.15. The monoisotopic (exact) mass is 409 g/mol. The number of aromatic nitrogens is 4. The number of nitrogens with zero attached hydrogens (tertiary/aromatic N) is 4.